The van der Waals surface area contributed by atoms with Gasteiger partial charge in [0.25, 0.3) is 0 Å². The van der Waals surface area contributed by atoms with Gasteiger partial charge in [0, 0.05) is 12.3 Å². The van der Waals surface area contributed by atoms with Gasteiger partial charge in [-0.2, -0.15) is 0 Å². The van der Waals surface area contributed by atoms with Crippen LogP contribution in [0, 0.1) is 29.1 Å². The van der Waals surface area contributed by atoms with Crippen LogP contribution in [0.15, 0.2) is 0 Å². The number of esters is 1. The number of fused-ring (bicyclic) bond motifs is 1. The minimum absolute atomic E-state index is 0. The van der Waals surface area contributed by atoms with Gasteiger partial charge in [-0.1, -0.05) is 20.3 Å². The van der Waals surface area contributed by atoms with Crippen LogP contribution < -0.4 is 24.0 Å². The molecule has 0 aromatic heterocycles. The van der Waals surface area contributed by atoms with E-state index in [2.05, 4.69) is 6.92 Å². The van der Waals surface area contributed by atoms with Gasteiger partial charge in [0.1, 0.15) is 6.10 Å². The van der Waals surface area contributed by atoms with Crippen molar-refractivity contribution in [3.63, 3.8) is 0 Å². The molecule has 0 aromatic carbocycles. The van der Waals surface area contributed by atoms with Gasteiger partial charge < -0.3 is 30.0 Å². The van der Waals surface area contributed by atoms with E-state index < -0.39 is 29.7 Å². The molecule has 0 aromatic rings. The normalized spacial score (nSPS) is 32.9. The molecule has 31 heavy (non-hydrogen) atoms. The van der Waals surface area contributed by atoms with Crippen LogP contribution in [0.3, 0.4) is 0 Å². The Morgan fingerprint density at radius 2 is 1.81 bits per heavy atom. The third-order valence-corrected chi connectivity index (χ3v) is 7.56. The van der Waals surface area contributed by atoms with Gasteiger partial charge in [0.05, 0.1) is 29.7 Å². The number of carbonyl (C=O) groups excluding carboxylic acids is 2. The van der Waals surface area contributed by atoms with Gasteiger partial charge in [-0.25, -0.2) is 0 Å². The van der Waals surface area contributed by atoms with Crippen LogP contribution in [0.4, 0.5) is 0 Å². The summed E-state index contributed by atoms with van der Waals surface area (Å²) in [6, 6.07) is 0. The summed E-state index contributed by atoms with van der Waals surface area (Å²) < 4.78 is 5.97. The van der Waals surface area contributed by atoms with Gasteiger partial charge in [-0.15, -0.1) is 0 Å². The molecule has 0 spiro atoms. The van der Waals surface area contributed by atoms with Crippen molar-refractivity contribution >= 4 is 11.9 Å². The summed E-state index contributed by atoms with van der Waals surface area (Å²) in [7, 11) is 0. The molecule has 174 valence electrons. The number of aliphatic carboxylic acids is 1. The minimum atomic E-state index is -1.58. The third kappa shape index (κ3) is 7.47. The number of hydrogen-bond acceptors (Lipinski definition) is 7. The minimum Gasteiger partial charge on any atom is -0.547 e. The maximum atomic E-state index is 12.8. The molecule has 2 rings (SSSR count). The van der Waals surface area contributed by atoms with Gasteiger partial charge in [-0.3, -0.25) is 4.79 Å². The van der Waals surface area contributed by atoms with Crippen LogP contribution in [0.2, 0.25) is 0 Å². The number of aliphatic hydroxyl groups is 3. The largest absolute Gasteiger partial charge is 1.00 e. The summed E-state index contributed by atoms with van der Waals surface area (Å²) >= 11 is 0. The maximum Gasteiger partial charge on any atom is 1.00 e. The van der Waals surface area contributed by atoms with Gasteiger partial charge in [0.2, 0.25) is 0 Å². The first-order chi connectivity index (χ1) is 14.0. The quantitative estimate of drug-likeness (QED) is 0.295. The Balaban J connectivity index is 0.00000480. The molecule has 8 heteroatoms. The van der Waals surface area contributed by atoms with Crippen LogP contribution in [-0.4, -0.2) is 51.7 Å². The number of ether oxygens (including phenoxy) is 1. The van der Waals surface area contributed by atoms with E-state index in [4.69, 9.17) is 4.74 Å². The number of rotatable bonds is 9. The molecule has 0 radical (unpaired) electrons. The van der Waals surface area contributed by atoms with E-state index in [0.29, 0.717) is 31.6 Å². The average Bonchev–Trinajstić information content (AvgIpc) is 2.67. The Morgan fingerprint density at radius 3 is 2.39 bits per heavy atom. The second-order valence-electron chi connectivity index (χ2n) is 10.2. The van der Waals surface area contributed by atoms with Crippen molar-refractivity contribution in [2.45, 2.75) is 103 Å². The first-order valence-corrected chi connectivity index (χ1v) is 11.4. The zero-order valence-electron chi connectivity index (χ0n) is 19.8. The van der Waals surface area contributed by atoms with E-state index in [1.807, 2.05) is 20.8 Å². The Hall–Kier alpha value is -0.583. The zero-order chi connectivity index (χ0) is 22.6. The van der Waals surface area contributed by atoms with Gasteiger partial charge in [-0.05, 0) is 70.1 Å². The standard InChI is InChI=1S/C23H40O7.Li/c1-5-23(3,4)22(29)30-19-12-16(25)10-14-7-6-13(2)17(20(14)19)11-15(24)8-9-18(26)21(27)28;/h13-20,24-26H,5-12H2,1-4H3,(H,27,28);/q;+1/p-1/t13-,14-,15+,16-,17-,18-,19-,20-;/m0./s1. The van der Waals surface area contributed by atoms with E-state index in [1.165, 1.54) is 0 Å². The number of aliphatic hydroxyl groups excluding tert-OH is 3. The fraction of sp³-hybridized carbons (Fsp3) is 0.913. The Morgan fingerprint density at radius 1 is 1.16 bits per heavy atom. The summed E-state index contributed by atoms with van der Waals surface area (Å²) in [6.45, 7) is 7.81. The van der Waals surface area contributed by atoms with Crippen molar-refractivity contribution in [2.24, 2.45) is 29.1 Å². The predicted molar refractivity (Wildman–Crippen MR) is 109 cm³/mol. The number of carboxylic acids is 1. The van der Waals surface area contributed by atoms with E-state index >= 15 is 0 Å². The van der Waals surface area contributed by atoms with Crippen molar-refractivity contribution < 1.29 is 53.6 Å². The molecular weight excluding hydrogens is 395 g/mol. The van der Waals surface area contributed by atoms with Crippen molar-refractivity contribution in [1.29, 1.82) is 0 Å². The Labute approximate surface area is 198 Å². The maximum absolute atomic E-state index is 12.8. The first kappa shape index (κ1) is 28.5. The molecule has 8 atom stereocenters. The molecule has 2 fully saturated rings. The molecule has 0 heterocycles. The molecule has 2 aliphatic rings. The van der Waals surface area contributed by atoms with E-state index in [0.717, 1.165) is 12.8 Å². The molecule has 0 saturated heterocycles. The van der Waals surface area contributed by atoms with E-state index in [1.54, 1.807) is 0 Å². The molecule has 7 nitrogen and oxygen atoms in total. The molecule has 0 amide bonds. The average molecular weight is 434 g/mol. The molecule has 2 aliphatic carbocycles. The number of carboxylic acid groups (broad SMARTS) is 1. The SMILES string of the molecule is CCC(C)(C)C(=O)O[C@H]1C[C@@H](O)C[C@@H]2CC[C@H](C)[C@H](C[C@H](O)CC[C@H](O)C(=O)[O-])[C@H]21.[Li+]. The number of hydrogen-bond donors (Lipinski definition) is 3. The Bertz CT molecular complexity index is 596. The van der Waals surface area contributed by atoms with Crippen LogP contribution in [0.5, 0.6) is 0 Å². The van der Waals surface area contributed by atoms with Crippen molar-refractivity contribution in [2.75, 3.05) is 0 Å². The fourth-order valence-electron chi connectivity index (χ4n) is 5.20. The molecular formula is C23H39LiO7. The second-order valence-corrected chi connectivity index (χ2v) is 10.2. The smallest absolute Gasteiger partial charge is 0.547 e. The first-order valence-electron chi connectivity index (χ1n) is 11.4. The van der Waals surface area contributed by atoms with Crippen molar-refractivity contribution in [3.8, 4) is 0 Å². The van der Waals surface area contributed by atoms with Crippen molar-refractivity contribution in [3.05, 3.63) is 0 Å². The molecule has 0 aliphatic heterocycles. The summed E-state index contributed by atoms with van der Waals surface area (Å²) in [5, 5.41) is 41.1. The summed E-state index contributed by atoms with van der Waals surface area (Å²) in [6.07, 6.45) is 1.07. The Kier molecular flexibility index (Phi) is 11.1. The van der Waals surface area contributed by atoms with Crippen LogP contribution >= 0.6 is 0 Å². The van der Waals surface area contributed by atoms with Crippen LogP contribution in [0.25, 0.3) is 0 Å². The fourth-order valence-corrected chi connectivity index (χ4v) is 5.20. The second kappa shape index (κ2) is 12.0. The van der Waals surface area contributed by atoms with Gasteiger partial charge in [0.15, 0.2) is 0 Å². The molecule has 3 N–H and O–H groups in total. The summed E-state index contributed by atoms with van der Waals surface area (Å²) in [4.78, 5) is 23.5. The summed E-state index contributed by atoms with van der Waals surface area (Å²) in [5.74, 6) is -1.05. The number of carbonyl (C=O) groups is 2. The van der Waals surface area contributed by atoms with Crippen LogP contribution in [-0.2, 0) is 14.3 Å². The summed E-state index contributed by atoms with van der Waals surface area (Å²) in [5.41, 5.74) is -0.589. The van der Waals surface area contributed by atoms with Crippen molar-refractivity contribution in [1.82, 2.24) is 0 Å². The monoisotopic (exact) mass is 434 g/mol. The predicted octanol–water partition coefficient (Wildman–Crippen LogP) is -1.59. The third-order valence-electron chi connectivity index (χ3n) is 7.56. The van der Waals surface area contributed by atoms with E-state index in [9.17, 15) is 30.0 Å². The molecule has 2 saturated carbocycles. The molecule has 0 unspecified atom stereocenters. The zero-order valence-corrected chi connectivity index (χ0v) is 19.8. The topological polar surface area (TPSA) is 127 Å². The van der Waals surface area contributed by atoms with E-state index in [-0.39, 0.29) is 61.5 Å². The van der Waals surface area contributed by atoms with Crippen LogP contribution in [0.1, 0.15) is 79.1 Å². The molecule has 0 bridgehead atoms. The van der Waals surface area contributed by atoms with Gasteiger partial charge >= 0.3 is 24.8 Å².